The number of para-hydroxylation sites is 1. The van der Waals surface area contributed by atoms with Crippen LogP contribution in [0.25, 0.3) is 10.9 Å². The highest BCUT2D eigenvalue weighted by Gasteiger charge is 2.17. The number of halogens is 1. The first-order valence-corrected chi connectivity index (χ1v) is 10.1. The Labute approximate surface area is 184 Å². The van der Waals surface area contributed by atoms with E-state index >= 15 is 0 Å². The fourth-order valence-corrected chi connectivity index (χ4v) is 3.44. The zero-order chi connectivity index (χ0) is 21.8. The predicted octanol–water partition coefficient (Wildman–Crippen LogP) is 6.05. The van der Waals surface area contributed by atoms with Crippen LogP contribution in [0.1, 0.15) is 11.1 Å². The minimum absolute atomic E-state index is 0.0860. The SMILES string of the molecule is Cc1ccc(OCC(=O)N=Nc2c(O)n(Cc3ccccc3Cl)c3ccccc23)cc1. The van der Waals surface area contributed by atoms with Gasteiger partial charge in [0.15, 0.2) is 12.3 Å². The Balaban J connectivity index is 1.57. The van der Waals surface area contributed by atoms with Gasteiger partial charge >= 0.3 is 5.91 Å². The molecule has 6 nitrogen and oxygen atoms in total. The van der Waals surface area contributed by atoms with Crippen LogP contribution in [0.4, 0.5) is 5.69 Å². The van der Waals surface area contributed by atoms with Crippen molar-refractivity contribution in [3.8, 4) is 11.6 Å². The Morgan fingerprint density at radius 2 is 1.74 bits per heavy atom. The Morgan fingerprint density at radius 3 is 2.52 bits per heavy atom. The molecule has 7 heteroatoms. The second-order valence-electron chi connectivity index (χ2n) is 7.06. The van der Waals surface area contributed by atoms with E-state index in [1.54, 1.807) is 22.8 Å². The molecule has 0 fully saturated rings. The summed E-state index contributed by atoms with van der Waals surface area (Å²) in [5, 5.41) is 19.9. The lowest BCUT2D eigenvalue weighted by molar-refractivity contribution is -0.120. The number of ether oxygens (including phenoxy) is 1. The van der Waals surface area contributed by atoms with Gasteiger partial charge in [-0.2, -0.15) is 0 Å². The molecule has 1 amide bonds. The third kappa shape index (κ3) is 4.59. The van der Waals surface area contributed by atoms with Crippen LogP contribution in [0.5, 0.6) is 11.6 Å². The van der Waals surface area contributed by atoms with Gasteiger partial charge in [-0.15, -0.1) is 10.2 Å². The van der Waals surface area contributed by atoms with Gasteiger partial charge in [0.05, 0.1) is 12.1 Å². The van der Waals surface area contributed by atoms with E-state index in [-0.39, 0.29) is 18.2 Å². The summed E-state index contributed by atoms with van der Waals surface area (Å²) in [6.45, 7) is 2.08. The van der Waals surface area contributed by atoms with E-state index in [9.17, 15) is 9.90 Å². The molecule has 0 aliphatic rings. The predicted molar refractivity (Wildman–Crippen MR) is 120 cm³/mol. The fourth-order valence-electron chi connectivity index (χ4n) is 3.24. The summed E-state index contributed by atoms with van der Waals surface area (Å²) in [6.07, 6.45) is 0. The maximum atomic E-state index is 12.2. The molecule has 0 aliphatic heterocycles. The van der Waals surface area contributed by atoms with Gasteiger partial charge in [0.2, 0.25) is 5.88 Å². The molecular formula is C24H20ClN3O3. The minimum Gasteiger partial charge on any atom is -0.493 e. The van der Waals surface area contributed by atoms with Gasteiger partial charge < -0.3 is 14.4 Å². The largest absolute Gasteiger partial charge is 0.493 e. The first-order valence-electron chi connectivity index (χ1n) is 9.70. The van der Waals surface area contributed by atoms with Gasteiger partial charge in [0.25, 0.3) is 0 Å². The number of hydrogen-bond donors (Lipinski definition) is 1. The van der Waals surface area contributed by atoms with Crippen molar-refractivity contribution in [1.82, 2.24) is 4.57 Å². The van der Waals surface area contributed by atoms with Crippen LogP contribution in [0, 0.1) is 6.92 Å². The standard InChI is InChI=1S/C24H20ClN3O3/c1-16-10-12-18(13-11-16)31-15-22(29)26-27-23-19-7-3-5-9-21(19)28(24(23)30)14-17-6-2-4-8-20(17)25/h2-13,30H,14-15H2,1H3. The molecule has 4 aromatic rings. The number of aryl methyl sites for hydroxylation is 1. The van der Waals surface area contributed by atoms with Crippen LogP contribution in [0.3, 0.4) is 0 Å². The number of carbonyl (C=O) groups excluding carboxylic acids is 1. The summed E-state index contributed by atoms with van der Waals surface area (Å²) in [7, 11) is 0. The number of benzene rings is 3. The third-order valence-electron chi connectivity index (χ3n) is 4.85. The second-order valence-corrected chi connectivity index (χ2v) is 7.47. The van der Waals surface area contributed by atoms with Gasteiger partial charge in [-0.05, 0) is 36.8 Å². The lowest BCUT2D eigenvalue weighted by Gasteiger charge is -2.08. The van der Waals surface area contributed by atoms with Crippen molar-refractivity contribution >= 4 is 34.1 Å². The highest BCUT2D eigenvalue weighted by Crippen LogP contribution is 2.39. The Bertz CT molecular complexity index is 1260. The molecule has 0 atom stereocenters. The zero-order valence-electron chi connectivity index (χ0n) is 16.8. The van der Waals surface area contributed by atoms with Gasteiger partial charge in [-0.3, -0.25) is 4.79 Å². The number of rotatable bonds is 6. The average molecular weight is 434 g/mol. The van der Waals surface area contributed by atoms with Gasteiger partial charge in [-0.25, -0.2) is 0 Å². The van der Waals surface area contributed by atoms with Crippen LogP contribution in [0.15, 0.2) is 83.0 Å². The van der Waals surface area contributed by atoms with Crippen LogP contribution < -0.4 is 4.74 Å². The highest BCUT2D eigenvalue weighted by molar-refractivity contribution is 6.31. The molecule has 1 aromatic heterocycles. The Morgan fingerprint density at radius 1 is 1.03 bits per heavy atom. The van der Waals surface area contributed by atoms with Crippen LogP contribution in [-0.2, 0) is 11.3 Å². The normalized spacial score (nSPS) is 11.3. The number of aromatic hydroxyl groups is 1. The van der Waals surface area contributed by atoms with Crippen molar-refractivity contribution in [2.24, 2.45) is 10.2 Å². The van der Waals surface area contributed by atoms with E-state index in [4.69, 9.17) is 16.3 Å². The van der Waals surface area contributed by atoms with Crippen molar-refractivity contribution in [1.29, 1.82) is 0 Å². The molecule has 0 saturated carbocycles. The average Bonchev–Trinajstić information content (AvgIpc) is 3.04. The molecule has 1 heterocycles. The van der Waals surface area contributed by atoms with Gasteiger partial charge in [-0.1, -0.05) is 65.7 Å². The smallest absolute Gasteiger partial charge is 0.302 e. The monoisotopic (exact) mass is 433 g/mol. The molecule has 4 rings (SSSR count). The summed E-state index contributed by atoms with van der Waals surface area (Å²) >= 11 is 6.29. The van der Waals surface area contributed by atoms with E-state index in [2.05, 4.69) is 10.2 Å². The molecule has 1 N–H and O–H groups in total. The number of aromatic nitrogens is 1. The third-order valence-corrected chi connectivity index (χ3v) is 5.22. The molecule has 0 spiro atoms. The van der Waals surface area contributed by atoms with E-state index in [1.807, 2.05) is 61.5 Å². The molecule has 0 bridgehead atoms. The lowest BCUT2D eigenvalue weighted by atomic mass is 10.2. The molecule has 0 aliphatic carbocycles. The number of fused-ring (bicyclic) bond motifs is 1. The summed E-state index contributed by atoms with van der Waals surface area (Å²) in [6, 6.07) is 22.2. The zero-order valence-corrected chi connectivity index (χ0v) is 17.6. The van der Waals surface area contributed by atoms with Crippen molar-refractivity contribution < 1.29 is 14.6 Å². The number of amides is 1. The summed E-state index contributed by atoms with van der Waals surface area (Å²) in [5.41, 5.74) is 2.94. The molecule has 3 aromatic carbocycles. The molecule has 156 valence electrons. The summed E-state index contributed by atoms with van der Waals surface area (Å²) in [4.78, 5) is 12.2. The first kappa shape index (κ1) is 20.6. The maximum Gasteiger partial charge on any atom is 0.302 e. The van der Waals surface area contributed by atoms with Crippen molar-refractivity contribution in [2.75, 3.05) is 6.61 Å². The van der Waals surface area contributed by atoms with Crippen molar-refractivity contribution in [3.63, 3.8) is 0 Å². The fraction of sp³-hybridized carbons (Fsp3) is 0.125. The molecular weight excluding hydrogens is 414 g/mol. The second kappa shape index (κ2) is 9.02. The summed E-state index contributed by atoms with van der Waals surface area (Å²) in [5.74, 6) is -0.0617. The maximum absolute atomic E-state index is 12.2. The van der Waals surface area contributed by atoms with E-state index in [0.29, 0.717) is 22.7 Å². The van der Waals surface area contributed by atoms with E-state index in [1.165, 1.54) is 0 Å². The quantitative estimate of drug-likeness (QED) is 0.376. The number of nitrogens with zero attached hydrogens (tertiary/aromatic N) is 3. The van der Waals surface area contributed by atoms with E-state index < -0.39 is 5.91 Å². The molecule has 31 heavy (non-hydrogen) atoms. The molecule has 0 radical (unpaired) electrons. The van der Waals surface area contributed by atoms with Gasteiger partial charge in [0, 0.05) is 10.4 Å². The summed E-state index contributed by atoms with van der Waals surface area (Å²) < 4.78 is 7.13. The first-order chi connectivity index (χ1) is 15.0. The molecule has 0 saturated heterocycles. The van der Waals surface area contributed by atoms with Crippen molar-refractivity contribution in [2.45, 2.75) is 13.5 Å². The minimum atomic E-state index is -0.553. The lowest BCUT2D eigenvalue weighted by Crippen LogP contribution is -2.07. The van der Waals surface area contributed by atoms with Crippen molar-refractivity contribution in [3.05, 3.63) is 88.9 Å². The Kier molecular flexibility index (Phi) is 6.00. The number of azo groups is 1. The molecule has 0 unspecified atom stereocenters. The Hall–Kier alpha value is -3.64. The van der Waals surface area contributed by atoms with Crippen LogP contribution in [-0.4, -0.2) is 22.2 Å². The number of carbonyl (C=O) groups is 1. The highest BCUT2D eigenvalue weighted by atomic mass is 35.5. The van der Waals surface area contributed by atoms with Gasteiger partial charge in [0.1, 0.15) is 5.75 Å². The number of hydrogen-bond acceptors (Lipinski definition) is 4. The topological polar surface area (TPSA) is 76.2 Å². The van der Waals surface area contributed by atoms with Crippen LogP contribution in [0.2, 0.25) is 5.02 Å². The van der Waals surface area contributed by atoms with Crippen LogP contribution >= 0.6 is 11.6 Å². The van der Waals surface area contributed by atoms with E-state index in [0.717, 1.165) is 16.6 Å².